The van der Waals surface area contributed by atoms with Crippen molar-refractivity contribution in [3.63, 3.8) is 0 Å². The van der Waals surface area contributed by atoms with Crippen molar-refractivity contribution in [2.24, 2.45) is 5.41 Å². The average molecular weight is 377 g/mol. The molecule has 1 aromatic rings. The Hall–Kier alpha value is -2.61. The molecule has 1 N–H and O–H groups in total. The zero-order valence-electron chi connectivity index (χ0n) is 17.7. The molecule has 0 saturated heterocycles. The van der Waals surface area contributed by atoms with Crippen molar-refractivity contribution < 1.29 is 9.90 Å². The minimum Gasteiger partial charge on any atom is -0.478 e. The lowest BCUT2D eigenvalue weighted by atomic mass is 9.67. The first-order valence-corrected chi connectivity index (χ1v) is 9.91. The molecule has 0 radical (unpaired) electrons. The van der Waals surface area contributed by atoms with E-state index in [-0.39, 0.29) is 5.41 Å². The smallest absolute Gasteiger partial charge is 0.328 e. The summed E-state index contributed by atoms with van der Waals surface area (Å²) in [5.74, 6) is -0.431. The van der Waals surface area contributed by atoms with Crippen molar-refractivity contribution in [1.82, 2.24) is 0 Å². The Morgan fingerprint density at radius 1 is 1.11 bits per heavy atom. The fourth-order valence-corrected chi connectivity index (χ4v) is 3.90. The molecule has 0 heterocycles. The molecule has 2 rings (SSSR count). The van der Waals surface area contributed by atoms with Gasteiger partial charge < -0.3 is 5.11 Å². The molecular formula is C26H32O2. The summed E-state index contributed by atoms with van der Waals surface area (Å²) in [4.78, 5) is 10.7. The number of aliphatic carboxylic acids is 1. The maximum atomic E-state index is 10.7. The van der Waals surface area contributed by atoms with E-state index >= 15 is 0 Å². The quantitative estimate of drug-likeness (QED) is 0.429. The predicted molar refractivity (Wildman–Crippen MR) is 118 cm³/mol. The third-order valence-electron chi connectivity index (χ3n) is 5.52. The third-order valence-corrected chi connectivity index (χ3v) is 5.52. The van der Waals surface area contributed by atoms with Crippen LogP contribution in [-0.4, -0.2) is 11.1 Å². The number of benzene rings is 1. The van der Waals surface area contributed by atoms with E-state index in [0.717, 1.165) is 11.1 Å². The molecule has 1 unspecified atom stereocenters. The summed E-state index contributed by atoms with van der Waals surface area (Å²) in [5.41, 5.74) is 6.31. The highest BCUT2D eigenvalue weighted by atomic mass is 16.4. The van der Waals surface area contributed by atoms with Gasteiger partial charge in [-0.25, -0.2) is 4.79 Å². The lowest BCUT2D eigenvalue weighted by molar-refractivity contribution is -0.131. The molecule has 1 aromatic carbocycles. The second-order valence-corrected chi connectivity index (χ2v) is 8.31. The molecule has 28 heavy (non-hydrogen) atoms. The van der Waals surface area contributed by atoms with Crippen LogP contribution in [0.25, 0.3) is 0 Å². The number of carboxylic acid groups (broad SMARTS) is 1. The van der Waals surface area contributed by atoms with Crippen LogP contribution in [0.2, 0.25) is 0 Å². The summed E-state index contributed by atoms with van der Waals surface area (Å²) in [7, 11) is 0. The Balaban J connectivity index is 2.24. The average Bonchev–Trinajstić information content (AvgIpc) is 2.61. The van der Waals surface area contributed by atoms with Gasteiger partial charge in [0.15, 0.2) is 0 Å². The van der Waals surface area contributed by atoms with Crippen LogP contribution < -0.4 is 0 Å². The first-order valence-electron chi connectivity index (χ1n) is 9.91. The highest BCUT2D eigenvalue weighted by molar-refractivity contribution is 5.81. The van der Waals surface area contributed by atoms with Crippen LogP contribution in [0.4, 0.5) is 0 Å². The van der Waals surface area contributed by atoms with Crippen molar-refractivity contribution in [2.45, 2.75) is 53.4 Å². The molecule has 1 atom stereocenters. The number of hydrogen-bond donors (Lipinski definition) is 1. The predicted octanol–water partition coefficient (Wildman–Crippen LogP) is 7.00. The molecule has 0 saturated carbocycles. The van der Waals surface area contributed by atoms with Crippen LogP contribution in [0.1, 0.15) is 58.9 Å². The standard InChI is InChI=1S/C26H32O2/c1-19(10-9-11-20(2)18-25(27)28)14-15-24-21(3)23(16-17-26(24,4)5)22-12-7-6-8-13-22/h6-15,18,23H,16-17H2,1-5H3,(H,27,28). The Morgan fingerprint density at radius 2 is 1.79 bits per heavy atom. The Morgan fingerprint density at radius 3 is 2.43 bits per heavy atom. The Labute approximate surface area is 169 Å². The molecule has 0 fully saturated rings. The van der Waals surface area contributed by atoms with E-state index < -0.39 is 5.97 Å². The zero-order valence-corrected chi connectivity index (χ0v) is 17.7. The maximum absolute atomic E-state index is 10.7. The number of hydrogen-bond acceptors (Lipinski definition) is 1. The van der Waals surface area contributed by atoms with E-state index in [1.807, 2.05) is 18.2 Å². The van der Waals surface area contributed by atoms with Crippen LogP contribution >= 0.6 is 0 Å². The first kappa shape index (κ1) is 21.7. The van der Waals surface area contributed by atoms with Crippen molar-refractivity contribution in [3.8, 4) is 0 Å². The lowest BCUT2D eigenvalue weighted by Gasteiger charge is -2.37. The molecule has 0 spiro atoms. The van der Waals surface area contributed by atoms with Gasteiger partial charge in [0.25, 0.3) is 0 Å². The number of rotatable bonds is 6. The summed E-state index contributed by atoms with van der Waals surface area (Å²) >= 11 is 0. The maximum Gasteiger partial charge on any atom is 0.328 e. The van der Waals surface area contributed by atoms with E-state index in [2.05, 4.69) is 70.2 Å². The summed E-state index contributed by atoms with van der Waals surface area (Å²) in [6.07, 6.45) is 13.7. The van der Waals surface area contributed by atoms with Gasteiger partial charge in [-0.3, -0.25) is 0 Å². The van der Waals surface area contributed by atoms with Gasteiger partial charge >= 0.3 is 5.97 Å². The molecule has 2 heteroatoms. The molecule has 1 aliphatic rings. The second kappa shape index (κ2) is 9.54. The van der Waals surface area contributed by atoms with E-state index in [1.54, 1.807) is 6.92 Å². The van der Waals surface area contributed by atoms with E-state index in [1.165, 1.54) is 35.6 Å². The van der Waals surface area contributed by atoms with Gasteiger partial charge in [-0.05, 0) is 55.7 Å². The van der Waals surface area contributed by atoms with Crippen molar-refractivity contribution in [2.75, 3.05) is 0 Å². The van der Waals surface area contributed by atoms with Crippen molar-refractivity contribution in [1.29, 1.82) is 0 Å². The van der Waals surface area contributed by atoms with Gasteiger partial charge in [0.05, 0.1) is 0 Å². The third kappa shape index (κ3) is 5.95. The Kier molecular flexibility index (Phi) is 7.39. The van der Waals surface area contributed by atoms with Gasteiger partial charge in [-0.2, -0.15) is 0 Å². The minimum atomic E-state index is -0.919. The largest absolute Gasteiger partial charge is 0.478 e. The van der Waals surface area contributed by atoms with E-state index in [9.17, 15) is 4.79 Å². The van der Waals surface area contributed by atoms with Gasteiger partial charge in [-0.15, -0.1) is 0 Å². The van der Waals surface area contributed by atoms with Gasteiger partial charge in [-0.1, -0.05) is 85.7 Å². The van der Waals surface area contributed by atoms with Crippen molar-refractivity contribution >= 4 is 5.97 Å². The van der Waals surface area contributed by atoms with Crippen LogP contribution in [-0.2, 0) is 4.79 Å². The first-order chi connectivity index (χ1) is 13.2. The zero-order chi connectivity index (χ0) is 20.7. The summed E-state index contributed by atoms with van der Waals surface area (Å²) in [6, 6.07) is 10.8. The summed E-state index contributed by atoms with van der Waals surface area (Å²) in [5, 5.41) is 8.76. The normalized spacial score (nSPS) is 21.0. The Bertz CT molecular complexity index is 846. The highest BCUT2D eigenvalue weighted by Gasteiger charge is 2.32. The number of carbonyl (C=O) groups is 1. The van der Waals surface area contributed by atoms with Crippen LogP contribution in [0.3, 0.4) is 0 Å². The molecule has 148 valence electrons. The van der Waals surface area contributed by atoms with Gasteiger partial charge in [0.2, 0.25) is 0 Å². The van der Waals surface area contributed by atoms with Gasteiger partial charge in [0, 0.05) is 12.0 Å². The fourth-order valence-electron chi connectivity index (χ4n) is 3.90. The lowest BCUT2D eigenvalue weighted by Crippen LogP contribution is -2.23. The molecular weight excluding hydrogens is 344 g/mol. The molecule has 0 amide bonds. The van der Waals surface area contributed by atoms with Crippen molar-refractivity contribution in [3.05, 3.63) is 94.6 Å². The number of carboxylic acids is 1. The molecule has 0 aliphatic heterocycles. The monoisotopic (exact) mass is 376 g/mol. The van der Waals surface area contributed by atoms with Gasteiger partial charge in [0.1, 0.15) is 0 Å². The molecule has 2 nitrogen and oxygen atoms in total. The van der Waals surface area contributed by atoms with Crippen LogP contribution in [0.15, 0.2) is 89.1 Å². The number of allylic oxidation sites excluding steroid dienone is 9. The van der Waals surface area contributed by atoms with E-state index in [4.69, 9.17) is 5.11 Å². The fraction of sp³-hybridized carbons (Fsp3) is 0.346. The molecule has 0 bridgehead atoms. The van der Waals surface area contributed by atoms with E-state index in [0.29, 0.717) is 5.92 Å². The summed E-state index contributed by atoms with van der Waals surface area (Å²) < 4.78 is 0. The second-order valence-electron chi connectivity index (χ2n) is 8.31. The van der Waals surface area contributed by atoms with Crippen LogP contribution in [0, 0.1) is 5.41 Å². The minimum absolute atomic E-state index is 0.169. The molecule has 0 aromatic heterocycles. The summed E-state index contributed by atoms with van der Waals surface area (Å²) in [6.45, 7) is 10.8. The van der Waals surface area contributed by atoms with Crippen LogP contribution in [0.5, 0.6) is 0 Å². The topological polar surface area (TPSA) is 37.3 Å². The highest BCUT2D eigenvalue weighted by Crippen LogP contribution is 2.47. The SMILES string of the molecule is CC(C=CC1=C(C)C(c2ccccc2)CCC1(C)C)=CC=CC(C)=CC(=O)O. The molecule has 1 aliphatic carbocycles.